The zero-order chi connectivity index (χ0) is 25.9. The van der Waals surface area contributed by atoms with Crippen LogP contribution in [-0.2, 0) is 14.3 Å². The van der Waals surface area contributed by atoms with E-state index in [1.165, 1.54) is 5.56 Å². The number of nitrogens with one attached hydrogen (secondary N) is 1. The van der Waals surface area contributed by atoms with Gasteiger partial charge in [-0.1, -0.05) is 55.0 Å². The minimum atomic E-state index is -0.526. The molecule has 1 aromatic carbocycles. The average molecular weight is 521 g/mol. The Bertz CT molecular complexity index is 1250. The predicted molar refractivity (Wildman–Crippen MR) is 146 cm³/mol. The monoisotopic (exact) mass is 520 g/mol. The first-order chi connectivity index (χ1) is 18.0. The maximum absolute atomic E-state index is 14.0. The smallest absolute Gasteiger partial charge is 0.246 e. The van der Waals surface area contributed by atoms with Crippen molar-refractivity contribution in [2.75, 3.05) is 19.8 Å². The third-order valence-electron chi connectivity index (χ3n) is 7.86. The molecule has 0 bridgehead atoms. The number of thiazole rings is 1. The van der Waals surface area contributed by atoms with Gasteiger partial charge < -0.3 is 15.0 Å². The Hall–Kier alpha value is -2.84. The number of fused-ring (bicyclic) bond motifs is 1. The van der Waals surface area contributed by atoms with Crippen LogP contribution in [0.15, 0.2) is 36.5 Å². The topological polar surface area (TPSA) is 84.4 Å². The Kier molecular flexibility index (Phi) is 7.86. The highest BCUT2D eigenvalue weighted by Gasteiger charge is 2.40. The second kappa shape index (κ2) is 11.3. The highest BCUT2D eigenvalue weighted by atomic mass is 32.1. The Balaban J connectivity index is 1.44. The number of rotatable bonds is 7. The molecule has 4 heterocycles. The number of pyridine rings is 1. The molecule has 8 heteroatoms. The van der Waals surface area contributed by atoms with Crippen molar-refractivity contribution in [1.29, 1.82) is 0 Å². The molecule has 196 valence electrons. The fourth-order valence-electron chi connectivity index (χ4n) is 5.34. The van der Waals surface area contributed by atoms with Crippen LogP contribution in [0.25, 0.3) is 21.5 Å². The summed E-state index contributed by atoms with van der Waals surface area (Å²) in [4.78, 5) is 39.4. The molecule has 7 nitrogen and oxygen atoms in total. The summed E-state index contributed by atoms with van der Waals surface area (Å²) < 4.78 is 5.55. The van der Waals surface area contributed by atoms with E-state index in [4.69, 9.17) is 9.72 Å². The van der Waals surface area contributed by atoms with E-state index in [9.17, 15) is 9.59 Å². The molecule has 1 N–H and O–H groups in total. The number of likely N-dealkylation sites (tertiary alicyclic amines) is 1. The molecule has 2 aromatic heterocycles. The second-order valence-corrected chi connectivity index (χ2v) is 11.4. The summed E-state index contributed by atoms with van der Waals surface area (Å²) in [6.45, 7) is 7.93. The minimum absolute atomic E-state index is 0.0111. The van der Waals surface area contributed by atoms with Crippen LogP contribution in [0.2, 0.25) is 0 Å². The normalized spacial score (nSPS) is 20.2. The molecule has 0 unspecified atom stereocenters. The quantitative estimate of drug-likeness (QED) is 0.458. The van der Waals surface area contributed by atoms with Crippen molar-refractivity contribution in [1.82, 2.24) is 20.2 Å². The lowest BCUT2D eigenvalue weighted by Crippen LogP contribution is -2.54. The van der Waals surface area contributed by atoms with Gasteiger partial charge in [0.25, 0.3) is 0 Å². The van der Waals surface area contributed by atoms with Crippen LogP contribution in [0.4, 0.5) is 0 Å². The molecule has 0 saturated carbocycles. The molecule has 2 fully saturated rings. The Morgan fingerprint density at radius 3 is 2.65 bits per heavy atom. The number of benzene rings is 1. The third-order valence-corrected chi connectivity index (χ3v) is 8.92. The molecule has 37 heavy (non-hydrogen) atoms. The summed E-state index contributed by atoms with van der Waals surface area (Å²) >= 11 is 1.57. The van der Waals surface area contributed by atoms with Crippen molar-refractivity contribution in [2.24, 2.45) is 11.8 Å². The number of ether oxygens (including phenoxy) is 1. The highest BCUT2D eigenvalue weighted by Crippen LogP contribution is 2.39. The van der Waals surface area contributed by atoms with Gasteiger partial charge in [-0.25, -0.2) is 9.97 Å². The van der Waals surface area contributed by atoms with Gasteiger partial charge in [-0.3, -0.25) is 9.59 Å². The SMILES string of the molecule is CC[C@@H](C)C(=O)N[C@H](C(=O)N1CCC[C@H]1c1nc2c(-c3ccc(C)cc3)ccnc2s1)C1CCOCC1. The first kappa shape index (κ1) is 25.8. The number of aryl methyl sites for hydroxylation is 1. The number of hydrogen-bond acceptors (Lipinski definition) is 6. The number of carbonyl (C=O) groups is 2. The molecule has 5 rings (SSSR count). The number of amides is 2. The zero-order valence-corrected chi connectivity index (χ0v) is 22.7. The molecule has 0 spiro atoms. The molecule has 0 radical (unpaired) electrons. The third kappa shape index (κ3) is 5.41. The lowest BCUT2D eigenvalue weighted by molar-refractivity contribution is -0.140. The molecule has 2 aliphatic rings. The van der Waals surface area contributed by atoms with E-state index >= 15 is 0 Å². The van der Waals surface area contributed by atoms with Gasteiger partial charge in [-0.15, -0.1) is 0 Å². The lowest BCUT2D eigenvalue weighted by Gasteiger charge is -2.35. The van der Waals surface area contributed by atoms with Crippen LogP contribution < -0.4 is 5.32 Å². The van der Waals surface area contributed by atoms with Gasteiger partial charge in [0, 0.05) is 37.4 Å². The van der Waals surface area contributed by atoms with E-state index in [2.05, 4.69) is 41.5 Å². The van der Waals surface area contributed by atoms with Crippen LogP contribution in [-0.4, -0.2) is 52.5 Å². The number of aromatic nitrogens is 2. The highest BCUT2D eigenvalue weighted by molar-refractivity contribution is 7.18. The van der Waals surface area contributed by atoms with E-state index < -0.39 is 6.04 Å². The summed E-state index contributed by atoms with van der Waals surface area (Å²) in [7, 11) is 0. The second-order valence-electron chi connectivity index (χ2n) is 10.4. The Morgan fingerprint density at radius 1 is 1.16 bits per heavy atom. The van der Waals surface area contributed by atoms with Crippen molar-refractivity contribution in [3.05, 3.63) is 47.1 Å². The van der Waals surface area contributed by atoms with Gasteiger partial charge in [0.05, 0.1) is 6.04 Å². The van der Waals surface area contributed by atoms with E-state index in [1.807, 2.05) is 31.0 Å². The van der Waals surface area contributed by atoms with E-state index in [1.54, 1.807) is 11.3 Å². The standard InChI is InChI=1S/C29H36N4O3S/c1-4-19(3)26(34)31-24(21-12-16-36-17-13-21)29(35)33-15-5-6-23(33)27-32-25-22(11-14-30-28(25)37-27)20-9-7-18(2)8-10-20/h7-11,14,19,21,23-24H,4-6,12-13,15-17H2,1-3H3,(H,31,34)/t19-,23+,24+/m1/s1. The van der Waals surface area contributed by atoms with Crippen LogP contribution in [0.5, 0.6) is 0 Å². The van der Waals surface area contributed by atoms with E-state index in [0.29, 0.717) is 19.8 Å². The maximum atomic E-state index is 14.0. The van der Waals surface area contributed by atoms with Crippen LogP contribution in [0.3, 0.4) is 0 Å². The van der Waals surface area contributed by atoms with Crippen molar-refractivity contribution >= 4 is 33.5 Å². The maximum Gasteiger partial charge on any atom is 0.246 e. The number of hydrogen-bond donors (Lipinski definition) is 1. The van der Waals surface area contributed by atoms with E-state index in [-0.39, 0.29) is 29.7 Å². The summed E-state index contributed by atoms with van der Waals surface area (Å²) in [5.41, 5.74) is 4.27. The van der Waals surface area contributed by atoms with Crippen LogP contribution in [0, 0.1) is 18.8 Å². The Labute approximate surface area is 222 Å². The fraction of sp³-hybridized carbons (Fsp3) is 0.517. The molecule has 2 aliphatic heterocycles. The molecule has 3 atom stereocenters. The molecule has 2 saturated heterocycles. The lowest BCUT2D eigenvalue weighted by atomic mass is 9.90. The minimum Gasteiger partial charge on any atom is -0.381 e. The van der Waals surface area contributed by atoms with Gasteiger partial charge >= 0.3 is 0 Å². The molecule has 3 aromatic rings. The van der Waals surface area contributed by atoms with E-state index in [0.717, 1.165) is 58.6 Å². The summed E-state index contributed by atoms with van der Waals surface area (Å²) in [6, 6.07) is 9.84. The molecule has 2 amide bonds. The number of nitrogens with zero attached hydrogens (tertiary/aromatic N) is 3. The first-order valence-electron chi connectivity index (χ1n) is 13.5. The summed E-state index contributed by atoms with van der Waals surface area (Å²) in [6.07, 6.45) is 5.93. The van der Waals surface area contributed by atoms with Gasteiger partial charge in [-0.2, -0.15) is 0 Å². The zero-order valence-electron chi connectivity index (χ0n) is 21.9. The molecular formula is C29H36N4O3S. The number of carbonyl (C=O) groups excluding carboxylic acids is 2. The Morgan fingerprint density at radius 2 is 1.92 bits per heavy atom. The van der Waals surface area contributed by atoms with Gasteiger partial charge in [0.2, 0.25) is 11.8 Å². The van der Waals surface area contributed by atoms with Crippen molar-refractivity contribution in [3.63, 3.8) is 0 Å². The largest absolute Gasteiger partial charge is 0.381 e. The first-order valence-corrected chi connectivity index (χ1v) is 14.3. The molecule has 0 aliphatic carbocycles. The van der Waals surface area contributed by atoms with Crippen molar-refractivity contribution in [3.8, 4) is 11.1 Å². The van der Waals surface area contributed by atoms with Gasteiger partial charge in [0.15, 0.2) is 0 Å². The van der Waals surface area contributed by atoms with Crippen LogP contribution in [0.1, 0.15) is 62.6 Å². The fourth-order valence-corrected chi connectivity index (χ4v) is 6.42. The van der Waals surface area contributed by atoms with Crippen molar-refractivity contribution < 1.29 is 14.3 Å². The summed E-state index contributed by atoms with van der Waals surface area (Å²) in [5, 5.41) is 4.06. The molecular weight excluding hydrogens is 484 g/mol. The predicted octanol–water partition coefficient (Wildman–Crippen LogP) is 5.29. The van der Waals surface area contributed by atoms with Gasteiger partial charge in [0.1, 0.15) is 21.4 Å². The van der Waals surface area contributed by atoms with Gasteiger partial charge in [-0.05, 0) is 56.6 Å². The summed E-state index contributed by atoms with van der Waals surface area (Å²) in [5.74, 6) is -0.0761. The van der Waals surface area contributed by atoms with Crippen molar-refractivity contribution in [2.45, 2.75) is 65.0 Å². The average Bonchev–Trinajstić information content (AvgIpc) is 3.59. The van der Waals surface area contributed by atoms with Crippen LogP contribution >= 0.6 is 11.3 Å².